The van der Waals surface area contributed by atoms with E-state index in [9.17, 15) is 67.5 Å². The van der Waals surface area contributed by atoms with Crippen molar-refractivity contribution in [3.8, 4) is 0 Å². The third-order valence-corrected chi connectivity index (χ3v) is 13.2. The van der Waals surface area contributed by atoms with Crippen LogP contribution in [0.25, 0.3) is 11.2 Å². The third-order valence-electron chi connectivity index (χ3n) is 7.50. The van der Waals surface area contributed by atoms with Crippen LogP contribution in [0.2, 0.25) is 0 Å². The highest BCUT2D eigenvalue weighted by Crippen LogP contribution is 2.66. The molecule has 2 saturated heterocycles. The first-order chi connectivity index (χ1) is 24.9. The molecular weight excluding hydrogens is 826 g/mol. The number of imidazole rings is 1. The fourth-order valence-corrected chi connectivity index (χ4v) is 10.1. The Labute approximate surface area is 298 Å². The number of phosphoric ester groups is 2. The number of nitrogens with two attached hydrogens (primary N) is 1. The molecule has 2 aliphatic rings. The lowest BCUT2D eigenvalue weighted by atomic mass is 10.1. The summed E-state index contributed by atoms with van der Waals surface area (Å²) in [5.41, 5.74) is 2.96. The van der Waals surface area contributed by atoms with Gasteiger partial charge in [-0.25, -0.2) is 22.3 Å². The number of hydrogen-bond acceptors (Lipinski definition) is 24. The predicted octanol–water partition coefficient (Wildman–Crippen LogP) is -6.47. The van der Waals surface area contributed by atoms with Gasteiger partial charge in [0.15, 0.2) is 12.6 Å². The number of nitrogens with one attached hydrogen (secondary N) is 2. The lowest BCUT2D eigenvalue weighted by Crippen LogP contribution is -2.46. The number of methoxy groups -OCH3 is 1. The Kier molecular flexibility index (Phi) is 12.2. The van der Waals surface area contributed by atoms with Crippen LogP contribution in [-0.2, 0) is 61.5 Å². The highest BCUT2D eigenvalue weighted by atomic mass is 31.3. The Morgan fingerprint density at radius 2 is 1.46 bits per heavy atom. The number of nitrogen functional groups attached to an aromatic ring is 1. The van der Waals surface area contributed by atoms with Crippen LogP contribution >= 0.6 is 31.3 Å². The van der Waals surface area contributed by atoms with Gasteiger partial charge in [0.25, 0.3) is 48.4 Å². The Hall–Kier alpha value is -2.85. The molecule has 2 aliphatic heterocycles. The molecule has 7 unspecified atom stereocenters. The Bertz CT molecular complexity index is 2260. The number of aliphatic hydroxyl groups excluding tert-OH is 3. The molecule has 0 aromatic carbocycles. The zero-order valence-corrected chi connectivity index (χ0v) is 30.6. The number of H-pyrrole nitrogens is 2. The normalized spacial score (nSPS) is 30.5. The molecule has 0 spiro atoms. The number of aliphatic hydroxyl groups is 3. The number of phosphoric acid groups is 4. The van der Waals surface area contributed by atoms with Crippen molar-refractivity contribution in [2.24, 2.45) is 7.05 Å². The van der Waals surface area contributed by atoms with Gasteiger partial charge in [0.2, 0.25) is 11.7 Å². The van der Waals surface area contributed by atoms with Gasteiger partial charge in [-0.15, -0.1) is 0 Å². The molecule has 0 radical (unpaired) electrons. The van der Waals surface area contributed by atoms with E-state index in [1.807, 2.05) is 4.98 Å². The summed E-state index contributed by atoms with van der Waals surface area (Å²) in [5.74, 6) is -0.298. The number of anilines is 1. The maximum atomic E-state index is 12.4. The number of aromatic amines is 2. The van der Waals surface area contributed by atoms with Gasteiger partial charge in [0.1, 0.15) is 36.6 Å². The summed E-state index contributed by atoms with van der Waals surface area (Å²) in [7, 11) is -23.0. The SMILES string of the molecule is COC1C(O)[C@H]([n+]2cn(C)c3c(=O)[nH]c(N)nc32)O[C@@H]1COP(=O)([O-])OP(=O)([O-])OP(=O)([O-])OP(=O)([O-])OC[C@H]1O[C@@H](n2ccc(=O)[nH]c2=O)[C@@H](O)C1O. The van der Waals surface area contributed by atoms with Gasteiger partial charge in [-0.2, -0.15) is 0 Å². The zero-order chi connectivity index (χ0) is 40.1. The molecule has 302 valence electrons. The Morgan fingerprint density at radius 3 is 2.04 bits per heavy atom. The van der Waals surface area contributed by atoms with Crippen molar-refractivity contribution in [1.29, 1.82) is 0 Å². The van der Waals surface area contributed by atoms with Crippen LogP contribution in [0.3, 0.4) is 0 Å². The van der Waals surface area contributed by atoms with Gasteiger partial charge in [-0.05, 0) is 0 Å². The molecule has 5 heterocycles. The van der Waals surface area contributed by atoms with Crippen molar-refractivity contribution in [3.63, 3.8) is 0 Å². The smallest absolute Gasteiger partial charge is 0.330 e. The van der Waals surface area contributed by atoms with Crippen LogP contribution in [0.5, 0.6) is 0 Å². The molecule has 0 bridgehead atoms. The van der Waals surface area contributed by atoms with Crippen molar-refractivity contribution in [3.05, 3.63) is 49.8 Å². The average Bonchev–Trinajstić information content (AvgIpc) is 3.62. The van der Waals surface area contributed by atoms with E-state index >= 15 is 0 Å². The molecule has 29 nitrogen and oxygen atoms in total. The highest BCUT2D eigenvalue weighted by molar-refractivity contribution is 7.68. The summed E-state index contributed by atoms with van der Waals surface area (Å²) >= 11 is 0. The van der Waals surface area contributed by atoms with Crippen molar-refractivity contribution >= 4 is 48.4 Å². The minimum absolute atomic E-state index is 0.00488. The van der Waals surface area contributed by atoms with Crippen molar-refractivity contribution < 1.29 is 93.9 Å². The van der Waals surface area contributed by atoms with Crippen molar-refractivity contribution in [2.45, 2.75) is 49.1 Å². The van der Waals surface area contributed by atoms with Crippen molar-refractivity contribution in [2.75, 3.05) is 26.1 Å². The van der Waals surface area contributed by atoms with E-state index in [1.165, 1.54) is 17.9 Å². The monoisotopic (exact) mass is 854 g/mol. The van der Waals surface area contributed by atoms with Crippen LogP contribution in [0, 0.1) is 0 Å². The van der Waals surface area contributed by atoms with Crippen LogP contribution in [0.15, 0.2) is 33.0 Å². The first kappa shape index (κ1) is 42.3. The highest BCUT2D eigenvalue weighted by Gasteiger charge is 2.49. The van der Waals surface area contributed by atoms with E-state index in [4.69, 9.17) is 19.9 Å². The van der Waals surface area contributed by atoms with E-state index in [-0.39, 0.29) is 17.1 Å². The van der Waals surface area contributed by atoms with Gasteiger partial charge < -0.3 is 63.9 Å². The lowest BCUT2D eigenvalue weighted by Gasteiger charge is -2.36. The van der Waals surface area contributed by atoms with E-state index in [2.05, 4.69) is 31.9 Å². The molecule has 33 heteroatoms. The molecule has 0 amide bonds. The van der Waals surface area contributed by atoms with E-state index in [0.717, 1.165) is 23.9 Å². The summed E-state index contributed by atoms with van der Waals surface area (Å²) in [6.45, 7) is -2.46. The van der Waals surface area contributed by atoms with E-state index in [1.54, 1.807) is 0 Å². The molecule has 0 aliphatic carbocycles. The number of aromatic nitrogens is 6. The Balaban J connectivity index is 1.17. The average molecular weight is 854 g/mol. The maximum absolute atomic E-state index is 12.4. The second kappa shape index (κ2) is 15.6. The summed E-state index contributed by atoms with van der Waals surface area (Å²) in [6.07, 6.45) is -11.2. The zero-order valence-electron chi connectivity index (χ0n) is 27.0. The van der Waals surface area contributed by atoms with Gasteiger partial charge in [0, 0.05) is 19.4 Å². The largest absolute Gasteiger partial charge is 0.756 e. The predicted molar refractivity (Wildman–Crippen MR) is 159 cm³/mol. The first-order valence-electron chi connectivity index (χ1n) is 14.6. The second-order valence-electron chi connectivity index (χ2n) is 11.2. The third kappa shape index (κ3) is 9.39. The first-order valence-corrected chi connectivity index (χ1v) is 20.4. The second-order valence-corrected chi connectivity index (χ2v) is 17.3. The van der Waals surface area contributed by atoms with Gasteiger partial charge >= 0.3 is 11.3 Å². The molecule has 2 fully saturated rings. The van der Waals surface area contributed by atoms with Crippen LogP contribution in [0.1, 0.15) is 12.5 Å². The number of hydrogen-bond donors (Lipinski definition) is 6. The van der Waals surface area contributed by atoms with Gasteiger partial charge in [0.05, 0.1) is 20.3 Å². The quantitative estimate of drug-likeness (QED) is 0.0611. The number of ether oxygens (including phenoxy) is 3. The molecule has 3 aromatic rings. The van der Waals surface area contributed by atoms with Crippen LogP contribution in [0.4, 0.5) is 5.95 Å². The molecule has 0 saturated carbocycles. The van der Waals surface area contributed by atoms with E-state index in [0.29, 0.717) is 4.57 Å². The van der Waals surface area contributed by atoms with Crippen LogP contribution < -0.4 is 46.7 Å². The van der Waals surface area contributed by atoms with Crippen LogP contribution in [-0.4, -0.2) is 96.4 Å². The fraction of sp³-hybridized carbons (Fsp3) is 0.571. The fourth-order valence-electron chi connectivity index (χ4n) is 5.33. The lowest BCUT2D eigenvalue weighted by molar-refractivity contribution is -0.745. The summed E-state index contributed by atoms with van der Waals surface area (Å²) in [5, 5.41) is 31.2. The van der Waals surface area contributed by atoms with E-state index < -0.39 is 110 Å². The number of fused-ring (bicyclic) bond motifs is 1. The molecule has 3 aromatic heterocycles. The molecule has 7 N–H and O–H groups in total. The standard InChI is InChI=1S/C21H31N7O22P4/c1-26-7-28(16-11(26)17(33)25-20(22)24-16)19-14(32)15(43-2)9(47-19)6-45-52(37,38)49-54(41,42)50-53(39,40)48-51(35,36)44-5-8-12(30)13(31)18(46-8)27-4-3-10(29)23-21(27)34/h3-4,7-9,12-15,18-19,30-32H,5-6H2,1-2H3,(H7-,22,23,24,25,29,33,34,35,36,37,38,39,40,41,42)/p-3/t8-,9-,12?,13+,14?,15?,18-,19-/m1/s1. The topological polar surface area (TPSA) is 430 Å². The summed E-state index contributed by atoms with van der Waals surface area (Å²) in [6, 6.07) is 0.852. The minimum Gasteiger partial charge on any atom is -0.756 e. The number of nitrogens with zero attached hydrogens (tertiary/aromatic N) is 4. The van der Waals surface area contributed by atoms with Crippen molar-refractivity contribution in [1.82, 2.24) is 24.1 Å². The summed E-state index contributed by atoms with van der Waals surface area (Å²) in [4.78, 5) is 92.5. The number of aryl methyl sites for hydroxylation is 1. The number of rotatable bonds is 15. The van der Waals surface area contributed by atoms with Gasteiger partial charge in [-0.1, -0.05) is 4.98 Å². The minimum atomic E-state index is -6.63. The molecule has 54 heavy (non-hydrogen) atoms. The molecule has 12 atom stereocenters. The maximum Gasteiger partial charge on any atom is 0.330 e. The molecular formula is C21H28N7O22P4-3. The summed E-state index contributed by atoms with van der Waals surface area (Å²) < 4.78 is 87.3. The Morgan fingerprint density at radius 1 is 0.889 bits per heavy atom. The molecule has 5 rings (SSSR count). The van der Waals surface area contributed by atoms with Gasteiger partial charge in [-0.3, -0.25) is 47.0 Å².